The molecule has 0 radical (unpaired) electrons. The Balaban J connectivity index is 2.82. The van der Waals surface area contributed by atoms with Gasteiger partial charge in [-0.3, -0.25) is 19.8 Å². The van der Waals surface area contributed by atoms with Crippen molar-refractivity contribution in [2.75, 3.05) is 26.8 Å². The van der Waals surface area contributed by atoms with Crippen LogP contribution in [-0.4, -0.2) is 66.8 Å². The summed E-state index contributed by atoms with van der Waals surface area (Å²) in [5, 5.41) is 13.8. The number of hydrogen-bond acceptors (Lipinski definition) is 5. The number of carbonyl (C=O) groups is 3. The highest BCUT2D eigenvalue weighted by Gasteiger charge is 2.40. The van der Waals surface area contributed by atoms with Crippen molar-refractivity contribution in [1.82, 2.24) is 15.5 Å². The highest BCUT2D eigenvalue weighted by atomic mass is 16.5. The molecule has 8 heteroatoms. The summed E-state index contributed by atoms with van der Waals surface area (Å²) in [5.74, 6) is -2.05. The van der Waals surface area contributed by atoms with E-state index in [4.69, 9.17) is 4.74 Å². The van der Waals surface area contributed by atoms with Crippen LogP contribution in [0.3, 0.4) is 0 Å². The molecule has 8 nitrogen and oxygen atoms in total. The second-order valence-electron chi connectivity index (χ2n) is 5.03. The number of hydrogen-bond donors (Lipinski definition) is 3. The molecule has 0 bridgehead atoms. The summed E-state index contributed by atoms with van der Waals surface area (Å²) in [6.45, 7) is 4.58. The number of nitrogens with one attached hydrogen (secondary N) is 2. The van der Waals surface area contributed by atoms with Crippen molar-refractivity contribution in [2.24, 2.45) is 5.92 Å². The summed E-state index contributed by atoms with van der Waals surface area (Å²) in [6.07, 6.45) is 0.764. The molecule has 0 spiro atoms. The van der Waals surface area contributed by atoms with Crippen molar-refractivity contribution in [3.8, 4) is 0 Å². The minimum absolute atomic E-state index is 0.143. The minimum Gasteiger partial charge on any atom is -0.481 e. The third-order valence-corrected chi connectivity index (χ3v) is 3.62. The first-order valence-corrected chi connectivity index (χ1v) is 7.01. The van der Waals surface area contributed by atoms with Crippen molar-refractivity contribution in [1.29, 1.82) is 0 Å². The van der Waals surface area contributed by atoms with E-state index < -0.39 is 29.9 Å². The number of carboxylic acids is 1. The number of carbonyl (C=O) groups excluding carboxylic acids is 2. The van der Waals surface area contributed by atoms with Crippen LogP contribution in [0.4, 0.5) is 4.79 Å². The number of amides is 3. The maximum absolute atomic E-state index is 12.1. The van der Waals surface area contributed by atoms with Crippen molar-refractivity contribution in [3.05, 3.63) is 0 Å². The van der Waals surface area contributed by atoms with Gasteiger partial charge in [-0.2, -0.15) is 0 Å². The zero-order valence-corrected chi connectivity index (χ0v) is 12.6. The van der Waals surface area contributed by atoms with E-state index in [9.17, 15) is 19.5 Å². The molecule has 3 atom stereocenters. The van der Waals surface area contributed by atoms with E-state index in [0.29, 0.717) is 6.54 Å². The number of nitrogens with zero attached hydrogens (tertiary/aromatic N) is 1. The molecule has 3 unspecified atom stereocenters. The second-order valence-corrected chi connectivity index (χ2v) is 5.03. The quantitative estimate of drug-likeness (QED) is 0.618. The summed E-state index contributed by atoms with van der Waals surface area (Å²) in [7, 11) is 1.42. The van der Waals surface area contributed by atoms with Gasteiger partial charge in [-0.1, -0.05) is 6.92 Å². The first-order chi connectivity index (χ1) is 9.92. The first-order valence-electron chi connectivity index (χ1n) is 7.01. The van der Waals surface area contributed by atoms with Gasteiger partial charge in [0.1, 0.15) is 0 Å². The van der Waals surface area contributed by atoms with Crippen LogP contribution in [0.2, 0.25) is 0 Å². The molecule has 1 fully saturated rings. The van der Waals surface area contributed by atoms with Crippen LogP contribution >= 0.6 is 0 Å². The zero-order chi connectivity index (χ0) is 16.0. The number of rotatable bonds is 6. The van der Waals surface area contributed by atoms with E-state index >= 15 is 0 Å². The monoisotopic (exact) mass is 301 g/mol. The van der Waals surface area contributed by atoms with Gasteiger partial charge in [-0.05, 0) is 19.9 Å². The Morgan fingerprint density at radius 1 is 1.38 bits per heavy atom. The normalized spacial score (nSPS) is 22.9. The molecule has 0 aromatic carbocycles. The fourth-order valence-corrected chi connectivity index (χ4v) is 2.44. The largest absolute Gasteiger partial charge is 0.481 e. The van der Waals surface area contributed by atoms with E-state index in [1.807, 2.05) is 6.92 Å². The lowest BCUT2D eigenvalue weighted by Gasteiger charge is -2.34. The van der Waals surface area contributed by atoms with Crippen LogP contribution < -0.4 is 10.6 Å². The van der Waals surface area contributed by atoms with Gasteiger partial charge in [-0.25, -0.2) is 4.79 Å². The van der Waals surface area contributed by atoms with Crippen molar-refractivity contribution < 1.29 is 24.2 Å². The molecule has 3 N–H and O–H groups in total. The fraction of sp³-hybridized carbons (Fsp3) is 0.769. The molecule has 120 valence electrons. The van der Waals surface area contributed by atoms with E-state index in [0.717, 1.165) is 6.42 Å². The van der Waals surface area contributed by atoms with E-state index in [1.54, 1.807) is 11.8 Å². The highest BCUT2D eigenvalue weighted by Crippen LogP contribution is 2.22. The molecule has 0 aromatic heterocycles. The Hall–Kier alpha value is -1.67. The average molecular weight is 301 g/mol. The van der Waals surface area contributed by atoms with E-state index in [2.05, 4.69) is 10.6 Å². The lowest BCUT2D eigenvalue weighted by atomic mass is 10.00. The molecule has 21 heavy (non-hydrogen) atoms. The summed E-state index contributed by atoms with van der Waals surface area (Å²) < 4.78 is 5.26. The van der Waals surface area contributed by atoms with Crippen LogP contribution in [-0.2, 0) is 14.3 Å². The summed E-state index contributed by atoms with van der Waals surface area (Å²) in [5.41, 5.74) is 0. The third-order valence-electron chi connectivity index (χ3n) is 3.62. The fourth-order valence-electron chi connectivity index (χ4n) is 2.44. The lowest BCUT2D eigenvalue weighted by molar-refractivity contribution is -0.144. The topological polar surface area (TPSA) is 108 Å². The van der Waals surface area contributed by atoms with Crippen molar-refractivity contribution in [3.63, 3.8) is 0 Å². The number of urea groups is 1. The number of carboxylic acid groups (broad SMARTS) is 1. The molecule has 1 heterocycles. The van der Waals surface area contributed by atoms with Crippen molar-refractivity contribution in [2.45, 2.75) is 32.4 Å². The lowest BCUT2D eigenvalue weighted by Crippen LogP contribution is -2.55. The standard InChI is InChI=1S/C13H23N3O5/c1-4-5-16(8(2)11(17)15-13(20)14-3)10-7-21-6-9(10)12(18)19/h8-10H,4-7H2,1-3H3,(H,18,19)(H2,14,15,17,20). The first kappa shape index (κ1) is 17.4. The number of aliphatic carboxylic acids is 1. The third kappa shape index (κ3) is 4.40. The Bertz CT molecular complexity index is 401. The predicted octanol–water partition coefficient (Wildman–Crippen LogP) is -0.358. The van der Waals surface area contributed by atoms with Gasteiger partial charge >= 0.3 is 12.0 Å². The maximum Gasteiger partial charge on any atom is 0.321 e. The average Bonchev–Trinajstić information content (AvgIpc) is 2.93. The predicted molar refractivity (Wildman–Crippen MR) is 74.8 cm³/mol. The van der Waals surface area contributed by atoms with Crippen molar-refractivity contribution >= 4 is 17.9 Å². The Kier molecular flexibility index (Phi) is 6.57. The molecule has 1 aliphatic rings. The minimum atomic E-state index is -0.933. The molecule has 1 saturated heterocycles. The molecular weight excluding hydrogens is 278 g/mol. The van der Waals surface area contributed by atoms with Gasteiger partial charge < -0.3 is 15.2 Å². The molecular formula is C13H23N3O5. The smallest absolute Gasteiger partial charge is 0.321 e. The van der Waals surface area contributed by atoms with Crippen LogP contribution in [0.15, 0.2) is 0 Å². The Morgan fingerprint density at radius 3 is 2.57 bits per heavy atom. The van der Waals surface area contributed by atoms with Gasteiger partial charge in [-0.15, -0.1) is 0 Å². The second kappa shape index (κ2) is 7.94. The van der Waals surface area contributed by atoms with E-state index in [1.165, 1.54) is 7.05 Å². The summed E-state index contributed by atoms with van der Waals surface area (Å²) in [4.78, 5) is 36.3. The van der Waals surface area contributed by atoms with Gasteiger partial charge in [0.2, 0.25) is 5.91 Å². The van der Waals surface area contributed by atoms with Gasteiger partial charge in [0.25, 0.3) is 0 Å². The Morgan fingerprint density at radius 2 is 2.05 bits per heavy atom. The van der Waals surface area contributed by atoms with E-state index in [-0.39, 0.29) is 19.3 Å². The number of ether oxygens (including phenoxy) is 1. The van der Waals surface area contributed by atoms with Crippen LogP contribution in [0.1, 0.15) is 20.3 Å². The number of imide groups is 1. The molecule has 3 amide bonds. The molecule has 1 rings (SSSR count). The van der Waals surface area contributed by atoms with Crippen LogP contribution in [0, 0.1) is 5.92 Å². The van der Waals surface area contributed by atoms with Crippen LogP contribution in [0.5, 0.6) is 0 Å². The molecule has 0 saturated carbocycles. The Labute approximate surface area is 123 Å². The SMILES string of the molecule is CCCN(C(C)C(=O)NC(=O)NC)C1COCC1C(=O)O. The van der Waals surface area contributed by atoms with Crippen LogP contribution in [0.25, 0.3) is 0 Å². The maximum atomic E-state index is 12.1. The molecule has 0 aliphatic carbocycles. The van der Waals surface area contributed by atoms with Gasteiger partial charge in [0.15, 0.2) is 0 Å². The van der Waals surface area contributed by atoms with Gasteiger partial charge in [0, 0.05) is 13.1 Å². The highest BCUT2D eigenvalue weighted by molar-refractivity contribution is 5.96. The van der Waals surface area contributed by atoms with Gasteiger partial charge in [0.05, 0.1) is 25.2 Å². The summed E-state index contributed by atoms with van der Waals surface area (Å²) in [6, 6.07) is -1.57. The molecule has 1 aliphatic heterocycles. The summed E-state index contributed by atoms with van der Waals surface area (Å²) >= 11 is 0. The zero-order valence-electron chi connectivity index (χ0n) is 12.6. The molecule has 0 aromatic rings.